The molecule has 1 N–H and O–H groups in total. The first-order valence-corrected chi connectivity index (χ1v) is 6.93. The Balaban J connectivity index is 1.90. The number of amides is 1. The van der Waals surface area contributed by atoms with E-state index in [1.165, 1.54) is 18.2 Å². The third-order valence-electron chi connectivity index (χ3n) is 2.93. The quantitative estimate of drug-likeness (QED) is 0.801. The average molecular weight is 361 g/mol. The van der Waals surface area contributed by atoms with Crippen LogP contribution in [0.5, 0.6) is 11.5 Å². The van der Waals surface area contributed by atoms with Gasteiger partial charge in [0.05, 0.1) is 0 Å². The van der Waals surface area contributed by atoms with Crippen molar-refractivity contribution in [3.63, 3.8) is 0 Å². The molecule has 4 nitrogen and oxygen atoms in total. The SMILES string of the molecule is O=C(COc1ccc(F)cc1F)NCc1ccccc1OC(F)(F)F. The monoisotopic (exact) mass is 361 g/mol. The second kappa shape index (κ2) is 7.82. The Kier molecular flexibility index (Phi) is 5.79. The Bertz CT molecular complexity index is 749. The van der Waals surface area contributed by atoms with Crippen LogP contribution in [0.2, 0.25) is 0 Å². The number of alkyl halides is 3. The minimum Gasteiger partial charge on any atom is -0.481 e. The zero-order valence-electron chi connectivity index (χ0n) is 12.6. The van der Waals surface area contributed by atoms with Gasteiger partial charge in [-0.15, -0.1) is 13.2 Å². The van der Waals surface area contributed by atoms with Crippen molar-refractivity contribution in [2.24, 2.45) is 0 Å². The summed E-state index contributed by atoms with van der Waals surface area (Å²) in [6.07, 6.45) is -4.86. The Labute approximate surface area is 139 Å². The molecule has 0 spiro atoms. The molecular formula is C16H12F5NO3. The van der Waals surface area contributed by atoms with E-state index in [1.54, 1.807) is 0 Å². The average Bonchev–Trinajstić information content (AvgIpc) is 2.52. The molecule has 0 aliphatic heterocycles. The topological polar surface area (TPSA) is 47.6 Å². The second-order valence-electron chi connectivity index (χ2n) is 4.80. The van der Waals surface area contributed by atoms with Crippen molar-refractivity contribution in [3.05, 3.63) is 59.7 Å². The molecule has 2 aromatic carbocycles. The van der Waals surface area contributed by atoms with Crippen molar-refractivity contribution in [1.82, 2.24) is 5.32 Å². The maximum absolute atomic E-state index is 13.3. The standard InChI is InChI=1S/C16H12F5NO3/c17-11-5-6-14(12(18)7-11)24-9-15(23)22-8-10-3-1-2-4-13(10)25-16(19,20)21/h1-7H,8-9H2,(H,22,23). The van der Waals surface area contributed by atoms with Crippen LogP contribution in [-0.2, 0) is 11.3 Å². The molecule has 1 amide bonds. The highest BCUT2D eigenvalue weighted by atomic mass is 19.4. The molecule has 0 atom stereocenters. The van der Waals surface area contributed by atoms with E-state index < -0.39 is 36.3 Å². The van der Waals surface area contributed by atoms with Crippen LogP contribution in [0.4, 0.5) is 22.0 Å². The fourth-order valence-corrected chi connectivity index (χ4v) is 1.85. The maximum atomic E-state index is 13.3. The van der Waals surface area contributed by atoms with Gasteiger partial charge in [-0.3, -0.25) is 4.79 Å². The van der Waals surface area contributed by atoms with Gasteiger partial charge in [0.1, 0.15) is 11.6 Å². The highest BCUT2D eigenvalue weighted by molar-refractivity contribution is 5.77. The smallest absolute Gasteiger partial charge is 0.481 e. The van der Waals surface area contributed by atoms with Crippen LogP contribution in [0.1, 0.15) is 5.56 Å². The third-order valence-corrected chi connectivity index (χ3v) is 2.93. The molecule has 0 saturated carbocycles. The summed E-state index contributed by atoms with van der Waals surface area (Å²) >= 11 is 0. The molecule has 0 saturated heterocycles. The van der Waals surface area contributed by atoms with Crippen LogP contribution >= 0.6 is 0 Å². The number of hydrogen-bond donors (Lipinski definition) is 1. The van der Waals surface area contributed by atoms with E-state index in [-0.39, 0.29) is 17.9 Å². The van der Waals surface area contributed by atoms with Gasteiger partial charge in [-0.05, 0) is 18.2 Å². The zero-order chi connectivity index (χ0) is 18.4. The molecule has 0 aliphatic carbocycles. The Morgan fingerprint density at radius 2 is 1.76 bits per heavy atom. The van der Waals surface area contributed by atoms with Gasteiger partial charge in [0.15, 0.2) is 18.2 Å². The largest absolute Gasteiger partial charge is 0.573 e. The summed E-state index contributed by atoms with van der Waals surface area (Å²) in [6, 6.07) is 7.87. The van der Waals surface area contributed by atoms with Crippen molar-refractivity contribution in [3.8, 4) is 11.5 Å². The van der Waals surface area contributed by atoms with Crippen LogP contribution in [0.25, 0.3) is 0 Å². The number of nitrogens with one attached hydrogen (secondary N) is 1. The molecule has 9 heteroatoms. The van der Waals surface area contributed by atoms with Gasteiger partial charge in [0, 0.05) is 18.2 Å². The summed E-state index contributed by atoms with van der Waals surface area (Å²) in [5.74, 6) is -3.24. The van der Waals surface area contributed by atoms with Gasteiger partial charge in [-0.25, -0.2) is 8.78 Å². The van der Waals surface area contributed by atoms with Gasteiger partial charge in [0.25, 0.3) is 5.91 Å². The van der Waals surface area contributed by atoms with Gasteiger partial charge in [-0.2, -0.15) is 0 Å². The minimum atomic E-state index is -4.86. The molecule has 2 rings (SSSR count). The van der Waals surface area contributed by atoms with Crippen LogP contribution < -0.4 is 14.8 Å². The van der Waals surface area contributed by atoms with E-state index in [0.717, 1.165) is 18.2 Å². The Morgan fingerprint density at radius 1 is 1.04 bits per heavy atom. The molecule has 0 aliphatic rings. The molecular weight excluding hydrogens is 349 g/mol. The highest BCUT2D eigenvalue weighted by Gasteiger charge is 2.31. The number of rotatable bonds is 6. The summed E-state index contributed by atoms with van der Waals surface area (Å²) in [4.78, 5) is 11.7. The maximum Gasteiger partial charge on any atom is 0.573 e. The van der Waals surface area contributed by atoms with Crippen LogP contribution in [0.3, 0.4) is 0 Å². The van der Waals surface area contributed by atoms with Crippen molar-refractivity contribution in [1.29, 1.82) is 0 Å². The van der Waals surface area contributed by atoms with E-state index in [1.807, 2.05) is 0 Å². The molecule has 0 radical (unpaired) electrons. The van der Waals surface area contributed by atoms with Crippen molar-refractivity contribution < 1.29 is 36.2 Å². The fraction of sp³-hybridized carbons (Fsp3) is 0.188. The minimum absolute atomic E-state index is 0.0983. The molecule has 0 fully saturated rings. The lowest BCUT2D eigenvalue weighted by atomic mass is 10.2. The molecule has 0 aromatic heterocycles. The lowest BCUT2D eigenvalue weighted by Crippen LogP contribution is -2.29. The summed E-state index contributed by atoms with van der Waals surface area (Å²) in [5.41, 5.74) is 0.0983. The van der Waals surface area contributed by atoms with E-state index in [2.05, 4.69) is 10.1 Å². The van der Waals surface area contributed by atoms with E-state index in [4.69, 9.17) is 4.74 Å². The molecule has 25 heavy (non-hydrogen) atoms. The summed E-state index contributed by atoms with van der Waals surface area (Å²) in [7, 11) is 0. The van der Waals surface area contributed by atoms with Crippen molar-refractivity contribution in [2.75, 3.05) is 6.61 Å². The van der Waals surface area contributed by atoms with Gasteiger partial charge in [0.2, 0.25) is 0 Å². The number of carbonyl (C=O) groups excluding carboxylic acids is 1. The van der Waals surface area contributed by atoms with Crippen LogP contribution in [0.15, 0.2) is 42.5 Å². The first kappa shape index (κ1) is 18.5. The third kappa shape index (κ3) is 5.94. The number of carbonyl (C=O) groups is 1. The van der Waals surface area contributed by atoms with Gasteiger partial charge < -0.3 is 14.8 Å². The van der Waals surface area contributed by atoms with Crippen molar-refractivity contribution in [2.45, 2.75) is 12.9 Å². The second-order valence-corrected chi connectivity index (χ2v) is 4.80. The summed E-state index contributed by atoms with van der Waals surface area (Å²) in [6.45, 7) is -0.842. The molecule has 0 heterocycles. The normalized spacial score (nSPS) is 11.1. The van der Waals surface area contributed by atoms with E-state index in [9.17, 15) is 26.7 Å². The highest BCUT2D eigenvalue weighted by Crippen LogP contribution is 2.26. The van der Waals surface area contributed by atoms with E-state index >= 15 is 0 Å². The lowest BCUT2D eigenvalue weighted by molar-refractivity contribution is -0.274. The molecule has 2 aromatic rings. The summed E-state index contributed by atoms with van der Waals surface area (Å²) in [5, 5.41) is 2.32. The first-order chi connectivity index (χ1) is 11.7. The number of hydrogen-bond acceptors (Lipinski definition) is 3. The molecule has 0 unspecified atom stereocenters. The van der Waals surface area contributed by atoms with Gasteiger partial charge >= 0.3 is 6.36 Å². The number of benzene rings is 2. The van der Waals surface area contributed by atoms with Crippen molar-refractivity contribution >= 4 is 5.91 Å². The molecule has 0 bridgehead atoms. The zero-order valence-corrected chi connectivity index (χ0v) is 12.6. The van der Waals surface area contributed by atoms with Crippen LogP contribution in [-0.4, -0.2) is 18.9 Å². The number of para-hydroxylation sites is 1. The Morgan fingerprint density at radius 3 is 2.44 bits per heavy atom. The summed E-state index contributed by atoms with van der Waals surface area (Å²) < 4.78 is 71.7. The number of ether oxygens (including phenoxy) is 2. The lowest BCUT2D eigenvalue weighted by Gasteiger charge is -2.13. The Hall–Kier alpha value is -2.84. The molecule has 134 valence electrons. The fourth-order valence-electron chi connectivity index (χ4n) is 1.85. The first-order valence-electron chi connectivity index (χ1n) is 6.93. The predicted octanol–water partition coefficient (Wildman–Crippen LogP) is 3.56. The number of halogens is 5. The predicted molar refractivity (Wildman–Crippen MR) is 76.8 cm³/mol. The van der Waals surface area contributed by atoms with Gasteiger partial charge in [-0.1, -0.05) is 18.2 Å². The van der Waals surface area contributed by atoms with E-state index in [0.29, 0.717) is 6.07 Å². The van der Waals surface area contributed by atoms with Crippen LogP contribution in [0, 0.1) is 11.6 Å².